The highest BCUT2D eigenvalue weighted by atomic mass is 15.3. The van der Waals surface area contributed by atoms with Gasteiger partial charge in [-0.2, -0.15) is 0 Å². The van der Waals surface area contributed by atoms with Crippen molar-refractivity contribution in [2.24, 2.45) is 5.73 Å². The summed E-state index contributed by atoms with van der Waals surface area (Å²) in [5.41, 5.74) is 8.05. The van der Waals surface area contributed by atoms with E-state index in [0.717, 1.165) is 12.4 Å². The Kier molecular flexibility index (Phi) is 2.78. The van der Waals surface area contributed by atoms with Gasteiger partial charge in [0, 0.05) is 0 Å². The predicted molar refractivity (Wildman–Crippen MR) is 58.2 cm³/mol. The molecule has 0 unspecified atom stereocenters. The zero-order chi connectivity index (χ0) is 10.7. The van der Waals surface area contributed by atoms with E-state index >= 15 is 0 Å². The Balaban J connectivity index is 2.18. The van der Waals surface area contributed by atoms with Crippen LogP contribution < -0.4 is 5.73 Å². The van der Waals surface area contributed by atoms with E-state index in [1.807, 2.05) is 4.57 Å². The molecule has 1 heterocycles. The molecule has 4 nitrogen and oxygen atoms in total. The molecule has 0 saturated heterocycles. The second-order valence-corrected chi connectivity index (χ2v) is 3.56. The van der Waals surface area contributed by atoms with Crippen molar-refractivity contribution >= 4 is 0 Å². The van der Waals surface area contributed by atoms with Crippen LogP contribution in [0, 0.1) is 6.92 Å². The Hall–Kier alpha value is -1.68. The fourth-order valence-corrected chi connectivity index (χ4v) is 1.46. The van der Waals surface area contributed by atoms with E-state index < -0.39 is 0 Å². The molecule has 0 amide bonds. The molecule has 2 aromatic rings. The van der Waals surface area contributed by atoms with Crippen LogP contribution in [0.15, 0.2) is 30.6 Å². The average Bonchev–Trinajstić information content (AvgIpc) is 2.69. The summed E-state index contributed by atoms with van der Waals surface area (Å²) < 4.78 is 1.96. The third-order valence-electron chi connectivity index (χ3n) is 2.35. The van der Waals surface area contributed by atoms with Crippen molar-refractivity contribution in [2.75, 3.05) is 0 Å². The fourth-order valence-electron chi connectivity index (χ4n) is 1.46. The number of rotatable bonds is 3. The molecule has 78 valence electrons. The highest BCUT2D eigenvalue weighted by molar-refractivity contribution is 5.21. The van der Waals surface area contributed by atoms with Gasteiger partial charge in [-0.05, 0) is 12.5 Å². The van der Waals surface area contributed by atoms with Crippen molar-refractivity contribution in [2.45, 2.75) is 20.0 Å². The van der Waals surface area contributed by atoms with Crippen molar-refractivity contribution < 1.29 is 0 Å². The Morgan fingerprint density at radius 3 is 2.67 bits per heavy atom. The third kappa shape index (κ3) is 2.22. The Bertz CT molecular complexity index is 430. The maximum absolute atomic E-state index is 5.55. The third-order valence-corrected chi connectivity index (χ3v) is 2.35. The maximum atomic E-state index is 5.55. The van der Waals surface area contributed by atoms with Crippen LogP contribution in [0.4, 0.5) is 0 Å². The highest BCUT2D eigenvalue weighted by Crippen LogP contribution is 2.06. The molecule has 2 rings (SSSR count). The van der Waals surface area contributed by atoms with E-state index in [0.29, 0.717) is 6.54 Å². The molecule has 15 heavy (non-hydrogen) atoms. The average molecular weight is 202 g/mol. The molecule has 0 aliphatic rings. The summed E-state index contributed by atoms with van der Waals surface area (Å²) in [6, 6.07) is 8.41. The minimum atomic E-state index is 0.422. The van der Waals surface area contributed by atoms with Gasteiger partial charge in [0.05, 0.1) is 13.1 Å². The molecular formula is C11H14N4. The standard InChI is InChI=1S/C11H14N4/c1-9-2-4-10(5-3-9)7-15-8-13-14-11(15)6-12/h2-5,8H,6-7,12H2,1H3. The molecule has 0 radical (unpaired) electrons. The van der Waals surface area contributed by atoms with E-state index in [2.05, 4.69) is 41.4 Å². The lowest BCUT2D eigenvalue weighted by atomic mass is 10.1. The van der Waals surface area contributed by atoms with Gasteiger partial charge < -0.3 is 10.3 Å². The minimum absolute atomic E-state index is 0.422. The number of hydrogen-bond acceptors (Lipinski definition) is 3. The van der Waals surface area contributed by atoms with Crippen molar-refractivity contribution in [1.82, 2.24) is 14.8 Å². The van der Waals surface area contributed by atoms with Crippen LogP contribution in [0.2, 0.25) is 0 Å². The molecule has 0 bridgehead atoms. The van der Waals surface area contributed by atoms with Gasteiger partial charge in [0.1, 0.15) is 12.2 Å². The number of aromatic nitrogens is 3. The number of aryl methyl sites for hydroxylation is 1. The van der Waals surface area contributed by atoms with E-state index in [9.17, 15) is 0 Å². The molecule has 0 atom stereocenters. The Morgan fingerprint density at radius 2 is 2.00 bits per heavy atom. The lowest BCUT2D eigenvalue weighted by molar-refractivity contribution is 0.724. The van der Waals surface area contributed by atoms with Crippen LogP contribution in [0.25, 0.3) is 0 Å². The topological polar surface area (TPSA) is 56.7 Å². The van der Waals surface area contributed by atoms with Crippen molar-refractivity contribution in [3.63, 3.8) is 0 Å². The Labute approximate surface area is 88.8 Å². The molecular weight excluding hydrogens is 188 g/mol. The van der Waals surface area contributed by atoms with Gasteiger partial charge in [-0.1, -0.05) is 29.8 Å². The summed E-state index contributed by atoms with van der Waals surface area (Å²) in [6.45, 7) is 3.28. The summed E-state index contributed by atoms with van der Waals surface area (Å²) in [6.07, 6.45) is 1.71. The lowest BCUT2D eigenvalue weighted by Crippen LogP contribution is -2.08. The van der Waals surface area contributed by atoms with Gasteiger partial charge in [-0.15, -0.1) is 10.2 Å². The van der Waals surface area contributed by atoms with Gasteiger partial charge in [0.15, 0.2) is 0 Å². The van der Waals surface area contributed by atoms with Crippen LogP contribution in [0.3, 0.4) is 0 Å². The molecule has 2 N–H and O–H groups in total. The van der Waals surface area contributed by atoms with Crippen LogP contribution in [-0.2, 0) is 13.1 Å². The normalized spacial score (nSPS) is 10.5. The van der Waals surface area contributed by atoms with Crippen LogP contribution in [-0.4, -0.2) is 14.8 Å². The van der Waals surface area contributed by atoms with Gasteiger partial charge >= 0.3 is 0 Å². The van der Waals surface area contributed by atoms with Crippen molar-refractivity contribution in [3.05, 3.63) is 47.5 Å². The van der Waals surface area contributed by atoms with Gasteiger partial charge in [-0.3, -0.25) is 0 Å². The number of nitrogens with two attached hydrogens (primary N) is 1. The number of nitrogens with zero attached hydrogens (tertiary/aromatic N) is 3. The zero-order valence-corrected chi connectivity index (χ0v) is 8.72. The van der Waals surface area contributed by atoms with Gasteiger partial charge in [0.2, 0.25) is 0 Å². The SMILES string of the molecule is Cc1ccc(Cn2cnnc2CN)cc1. The van der Waals surface area contributed by atoms with Crippen LogP contribution >= 0.6 is 0 Å². The van der Waals surface area contributed by atoms with Crippen LogP contribution in [0.5, 0.6) is 0 Å². The minimum Gasteiger partial charge on any atom is -0.324 e. The quantitative estimate of drug-likeness (QED) is 0.810. The molecule has 0 saturated carbocycles. The molecule has 4 heteroatoms. The summed E-state index contributed by atoms with van der Waals surface area (Å²) in [5, 5.41) is 7.78. The lowest BCUT2D eigenvalue weighted by Gasteiger charge is -2.05. The fraction of sp³-hybridized carbons (Fsp3) is 0.273. The first-order valence-electron chi connectivity index (χ1n) is 4.92. The van der Waals surface area contributed by atoms with Crippen molar-refractivity contribution in [1.29, 1.82) is 0 Å². The highest BCUT2D eigenvalue weighted by Gasteiger charge is 2.01. The second kappa shape index (κ2) is 4.23. The van der Waals surface area contributed by atoms with E-state index in [1.165, 1.54) is 11.1 Å². The Morgan fingerprint density at radius 1 is 1.27 bits per heavy atom. The van der Waals surface area contributed by atoms with Gasteiger partial charge in [0.25, 0.3) is 0 Å². The maximum Gasteiger partial charge on any atom is 0.146 e. The van der Waals surface area contributed by atoms with E-state index in [-0.39, 0.29) is 0 Å². The smallest absolute Gasteiger partial charge is 0.146 e. The summed E-state index contributed by atoms with van der Waals surface area (Å²) in [4.78, 5) is 0. The first-order valence-corrected chi connectivity index (χ1v) is 4.92. The monoisotopic (exact) mass is 202 g/mol. The molecule has 0 fully saturated rings. The first kappa shape index (κ1) is 9.86. The van der Waals surface area contributed by atoms with Gasteiger partial charge in [-0.25, -0.2) is 0 Å². The van der Waals surface area contributed by atoms with Crippen molar-refractivity contribution in [3.8, 4) is 0 Å². The predicted octanol–water partition coefficient (Wildman–Crippen LogP) is 1.09. The summed E-state index contributed by atoms with van der Waals surface area (Å²) in [5.74, 6) is 0.815. The summed E-state index contributed by atoms with van der Waals surface area (Å²) in [7, 11) is 0. The zero-order valence-electron chi connectivity index (χ0n) is 8.72. The molecule has 0 spiro atoms. The van der Waals surface area contributed by atoms with E-state index in [4.69, 9.17) is 5.73 Å². The largest absolute Gasteiger partial charge is 0.324 e. The summed E-state index contributed by atoms with van der Waals surface area (Å²) >= 11 is 0. The van der Waals surface area contributed by atoms with Crippen LogP contribution in [0.1, 0.15) is 17.0 Å². The molecule has 1 aromatic carbocycles. The second-order valence-electron chi connectivity index (χ2n) is 3.56. The number of hydrogen-bond donors (Lipinski definition) is 1. The molecule has 1 aromatic heterocycles. The first-order chi connectivity index (χ1) is 7.29. The molecule has 0 aliphatic carbocycles. The van der Waals surface area contributed by atoms with E-state index in [1.54, 1.807) is 6.33 Å². The molecule has 0 aliphatic heterocycles. The number of benzene rings is 1.